The zero-order valence-corrected chi connectivity index (χ0v) is 28.9. The third kappa shape index (κ3) is 8.46. The predicted molar refractivity (Wildman–Crippen MR) is 197 cm³/mol. The predicted octanol–water partition coefficient (Wildman–Crippen LogP) is 7.82. The van der Waals surface area contributed by atoms with Gasteiger partial charge in [-0.05, 0) is 64.7 Å². The molecule has 0 fully saturated rings. The van der Waals surface area contributed by atoms with Crippen molar-refractivity contribution in [3.63, 3.8) is 0 Å². The Kier molecular flexibility index (Phi) is 10.8. The Bertz CT molecular complexity index is 2220. The minimum absolute atomic E-state index is 0.0835. The zero-order valence-electron chi connectivity index (χ0n) is 27.3. The van der Waals surface area contributed by atoms with Crippen LogP contribution in [0.4, 0.5) is 5.69 Å². The van der Waals surface area contributed by atoms with Crippen molar-refractivity contribution in [3.8, 4) is 5.75 Å². The van der Waals surface area contributed by atoms with E-state index in [4.69, 9.17) is 16.3 Å². The molecule has 1 aromatic heterocycles. The Morgan fingerprint density at radius 3 is 2.08 bits per heavy atom. The van der Waals surface area contributed by atoms with Crippen LogP contribution in [0.15, 0.2) is 127 Å². The lowest BCUT2D eigenvalue weighted by atomic mass is 9.97. The number of sulfonamides is 1. The van der Waals surface area contributed by atoms with Gasteiger partial charge in [-0.25, -0.2) is 17.9 Å². The van der Waals surface area contributed by atoms with Crippen LogP contribution in [0.3, 0.4) is 0 Å². The molecule has 0 aliphatic heterocycles. The number of carboxylic acids is 1. The van der Waals surface area contributed by atoms with Crippen molar-refractivity contribution in [2.24, 2.45) is 0 Å². The summed E-state index contributed by atoms with van der Waals surface area (Å²) in [4.78, 5) is 21.8. The second-order valence-electron chi connectivity index (χ2n) is 11.9. The summed E-state index contributed by atoms with van der Waals surface area (Å²) in [5, 5.41) is 21.8. The number of hydrogen-bond acceptors (Lipinski definition) is 6. The van der Waals surface area contributed by atoms with Crippen molar-refractivity contribution in [1.82, 2.24) is 9.29 Å². The lowest BCUT2D eigenvalue weighted by molar-refractivity contribution is -0.384. The van der Waals surface area contributed by atoms with Crippen LogP contribution in [0.1, 0.15) is 44.3 Å². The summed E-state index contributed by atoms with van der Waals surface area (Å²) in [6, 6.07) is 37.3. The van der Waals surface area contributed by atoms with Crippen molar-refractivity contribution >= 4 is 44.2 Å². The molecule has 0 radical (unpaired) electrons. The molecule has 2 N–H and O–H groups in total. The van der Waals surface area contributed by atoms with Crippen LogP contribution < -0.4 is 9.46 Å². The highest BCUT2D eigenvalue weighted by molar-refractivity contribution is 7.88. The minimum Gasteiger partial charge on any atom is -0.493 e. The van der Waals surface area contributed by atoms with Gasteiger partial charge >= 0.3 is 5.97 Å². The van der Waals surface area contributed by atoms with Crippen molar-refractivity contribution in [1.29, 1.82) is 0 Å². The standard InChI is InChI=1S/C39H34ClN3O7S/c40-31-15-20-36-35(25-31)34(22-24-50-33-18-13-30(14-19-33)39(44)45)37(21-23-41-51(48,49)26-27-11-16-32(17-12-27)43(46)47)42(36)38(28-7-3-1-4-8-28)29-9-5-2-6-10-29/h1-20,25,38,41H,21-24,26H2,(H,44,45). The number of aromatic nitrogens is 1. The van der Waals surface area contributed by atoms with Gasteiger partial charge in [0.05, 0.1) is 28.9 Å². The molecule has 1 heterocycles. The summed E-state index contributed by atoms with van der Waals surface area (Å²) in [7, 11) is -3.80. The van der Waals surface area contributed by atoms with Crippen molar-refractivity contribution in [2.45, 2.75) is 24.6 Å². The smallest absolute Gasteiger partial charge is 0.335 e. The summed E-state index contributed by atoms with van der Waals surface area (Å²) >= 11 is 6.59. The van der Waals surface area contributed by atoms with Gasteiger partial charge in [0.2, 0.25) is 10.0 Å². The molecule has 6 aromatic rings. The van der Waals surface area contributed by atoms with E-state index in [1.807, 2.05) is 54.6 Å². The van der Waals surface area contributed by atoms with E-state index in [0.29, 0.717) is 29.2 Å². The first kappa shape index (κ1) is 35.3. The maximum Gasteiger partial charge on any atom is 0.335 e. The Balaban J connectivity index is 1.38. The molecule has 0 bridgehead atoms. The van der Waals surface area contributed by atoms with Crippen LogP contribution in [0.5, 0.6) is 5.75 Å². The third-order valence-corrected chi connectivity index (χ3v) is 10.2. The average molecular weight is 724 g/mol. The van der Waals surface area contributed by atoms with Crippen LogP contribution in [0.25, 0.3) is 10.9 Å². The Hall–Kier alpha value is -5.49. The molecule has 0 saturated carbocycles. The molecule has 6 rings (SSSR count). The van der Waals surface area contributed by atoms with E-state index in [9.17, 15) is 28.4 Å². The van der Waals surface area contributed by atoms with Gasteiger partial charge in [0.15, 0.2) is 0 Å². The Labute approximate surface area is 300 Å². The molecular formula is C39H34ClN3O7S. The number of non-ortho nitro benzene ring substituents is 1. The van der Waals surface area contributed by atoms with E-state index in [-0.39, 0.29) is 36.2 Å². The number of ether oxygens (including phenoxy) is 1. The molecule has 0 aliphatic rings. The SMILES string of the molecule is O=C(O)c1ccc(OCCc2c(CCNS(=O)(=O)Cc3ccc([N+](=O)[O-])cc3)n(C(c3ccccc3)c3ccccc3)c3ccc(Cl)cc23)cc1. The molecular weight excluding hydrogens is 690 g/mol. The van der Waals surface area contributed by atoms with Gasteiger partial charge in [-0.1, -0.05) is 84.4 Å². The number of hydrogen-bond donors (Lipinski definition) is 2. The lowest BCUT2D eigenvalue weighted by Crippen LogP contribution is -2.28. The number of nitro groups is 1. The first-order valence-corrected chi connectivity index (χ1v) is 18.2. The molecule has 12 heteroatoms. The minimum atomic E-state index is -3.80. The molecule has 0 aliphatic carbocycles. The largest absolute Gasteiger partial charge is 0.493 e. The maximum atomic E-state index is 13.2. The monoisotopic (exact) mass is 723 g/mol. The molecule has 260 valence electrons. The number of carbonyl (C=O) groups is 1. The highest BCUT2D eigenvalue weighted by Gasteiger charge is 2.26. The number of aromatic carboxylic acids is 1. The first-order chi connectivity index (χ1) is 24.6. The van der Waals surface area contributed by atoms with Gasteiger partial charge in [-0.2, -0.15) is 0 Å². The number of benzene rings is 5. The van der Waals surface area contributed by atoms with Gasteiger partial charge in [0.25, 0.3) is 5.69 Å². The number of halogens is 1. The molecule has 51 heavy (non-hydrogen) atoms. The van der Waals surface area contributed by atoms with E-state index in [1.165, 1.54) is 36.4 Å². The fourth-order valence-corrected chi connectivity index (χ4v) is 7.61. The number of nitrogens with one attached hydrogen (secondary N) is 1. The van der Waals surface area contributed by atoms with E-state index in [0.717, 1.165) is 33.3 Å². The van der Waals surface area contributed by atoms with Gasteiger partial charge in [0, 0.05) is 53.1 Å². The quantitative estimate of drug-likeness (QED) is 0.0813. The number of fused-ring (bicyclic) bond motifs is 1. The maximum absolute atomic E-state index is 13.2. The average Bonchev–Trinajstić information content (AvgIpc) is 3.41. The topological polar surface area (TPSA) is 141 Å². The second-order valence-corrected chi connectivity index (χ2v) is 14.2. The molecule has 5 aromatic carbocycles. The van der Waals surface area contributed by atoms with E-state index in [1.54, 1.807) is 12.1 Å². The number of nitro benzene ring substituents is 1. The second kappa shape index (κ2) is 15.6. The van der Waals surface area contributed by atoms with E-state index in [2.05, 4.69) is 33.6 Å². The van der Waals surface area contributed by atoms with E-state index < -0.39 is 20.9 Å². The van der Waals surface area contributed by atoms with Crippen molar-refractivity contribution in [3.05, 3.63) is 176 Å². The summed E-state index contributed by atoms with van der Waals surface area (Å²) in [5.41, 5.74) is 5.31. The van der Waals surface area contributed by atoms with Crippen LogP contribution in [-0.2, 0) is 28.6 Å². The first-order valence-electron chi connectivity index (χ1n) is 16.2. The van der Waals surface area contributed by atoms with Gasteiger partial charge < -0.3 is 14.4 Å². The molecule has 0 unspecified atom stereocenters. The highest BCUT2D eigenvalue weighted by Crippen LogP contribution is 2.38. The van der Waals surface area contributed by atoms with Crippen LogP contribution in [-0.4, -0.2) is 42.1 Å². The number of carboxylic acid groups (broad SMARTS) is 1. The molecule has 0 atom stereocenters. The molecule has 0 amide bonds. The van der Waals surface area contributed by atoms with Crippen LogP contribution >= 0.6 is 11.6 Å². The molecule has 0 spiro atoms. The molecule has 0 saturated heterocycles. The summed E-state index contributed by atoms with van der Waals surface area (Å²) in [6.07, 6.45) is 0.774. The number of nitrogens with zero attached hydrogens (tertiary/aromatic N) is 2. The Morgan fingerprint density at radius 1 is 0.863 bits per heavy atom. The summed E-state index contributed by atoms with van der Waals surface area (Å²) in [5.74, 6) is -0.832. The van der Waals surface area contributed by atoms with Gasteiger partial charge in [0.1, 0.15) is 5.75 Å². The van der Waals surface area contributed by atoms with Crippen LogP contribution in [0.2, 0.25) is 5.02 Å². The molecule has 10 nitrogen and oxygen atoms in total. The summed E-state index contributed by atoms with van der Waals surface area (Å²) < 4.78 is 37.5. The number of rotatable bonds is 15. The van der Waals surface area contributed by atoms with Gasteiger partial charge in [-0.3, -0.25) is 10.1 Å². The third-order valence-electron chi connectivity index (χ3n) is 8.58. The highest BCUT2D eigenvalue weighted by atomic mass is 35.5. The van der Waals surface area contributed by atoms with Gasteiger partial charge in [-0.15, -0.1) is 0 Å². The zero-order chi connectivity index (χ0) is 36.0. The van der Waals surface area contributed by atoms with Crippen molar-refractivity contribution < 1.29 is 28.0 Å². The normalized spacial score (nSPS) is 11.6. The lowest BCUT2D eigenvalue weighted by Gasteiger charge is -2.25. The Morgan fingerprint density at radius 2 is 1.49 bits per heavy atom. The van der Waals surface area contributed by atoms with Crippen molar-refractivity contribution in [2.75, 3.05) is 13.2 Å². The van der Waals surface area contributed by atoms with Crippen LogP contribution in [0, 0.1) is 10.1 Å². The fourth-order valence-electron chi connectivity index (χ4n) is 6.29. The fraction of sp³-hybridized carbons (Fsp3) is 0.154. The van der Waals surface area contributed by atoms with E-state index >= 15 is 0 Å². The summed E-state index contributed by atoms with van der Waals surface area (Å²) in [6.45, 7) is 0.346.